The third kappa shape index (κ3) is 5.42. The third-order valence-corrected chi connectivity index (χ3v) is 2.45. The van der Waals surface area contributed by atoms with Crippen molar-refractivity contribution in [2.45, 2.75) is 40.7 Å². The average molecular weight is 281 g/mol. The van der Waals surface area contributed by atoms with E-state index in [0.717, 1.165) is 0 Å². The first-order valence-electron chi connectivity index (χ1n) is 6.95. The summed E-state index contributed by atoms with van der Waals surface area (Å²) in [6.07, 6.45) is 0.494. The van der Waals surface area contributed by atoms with E-state index in [4.69, 9.17) is 9.47 Å². The SMILES string of the molecule is CCOc1cc(OCC)c(CNC(=O)CC(C)C)nn1. The van der Waals surface area contributed by atoms with Crippen LogP contribution < -0.4 is 14.8 Å². The van der Waals surface area contributed by atoms with Crippen LogP contribution >= 0.6 is 0 Å². The summed E-state index contributed by atoms with van der Waals surface area (Å²) in [6.45, 7) is 9.11. The van der Waals surface area contributed by atoms with Crippen molar-refractivity contribution >= 4 is 5.91 Å². The molecule has 1 heterocycles. The lowest BCUT2D eigenvalue weighted by molar-refractivity contribution is -0.121. The Balaban J connectivity index is 2.70. The van der Waals surface area contributed by atoms with Gasteiger partial charge in [0.05, 0.1) is 19.8 Å². The summed E-state index contributed by atoms with van der Waals surface area (Å²) < 4.78 is 10.8. The van der Waals surface area contributed by atoms with E-state index in [1.165, 1.54) is 0 Å². The molecule has 1 N–H and O–H groups in total. The number of nitrogens with zero attached hydrogens (tertiary/aromatic N) is 2. The van der Waals surface area contributed by atoms with Gasteiger partial charge in [0.25, 0.3) is 0 Å². The molecule has 1 aromatic heterocycles. The molecule has 6 heteroatoms. The number of rotatable bonds is 8. The summed E-state index contributed by atoms with van der Waals surface area (Å²) in [5, 5.41) is 10.8. The molecule has 6 nitrogen and oxygen atoms in total. The zero-order valence-electron chi connectivity index (χ0n) is 12.6. The second kappa shape index (κ2) is 8.35. The summed E-state index contributed by atoms with van der Waals surface area (Å²) in [6, 6.07) is 1.70. The van der Waals surface area contributed by atoms with Crippen LogP contribution in [-0.2, 0) is 11.3 Å². The van der Waals surface area contributed by atoms with Crippen LogP contribution in [0.15, 0.2) is 6.07 Å². The van der Waals surface area contributed by atoms with Crippen LogP contribution in [0.5, 0.6) is 11.6 Å². The van der Waals surface area contributed by atoms with Crippen molar-refractivity contribution in [3.8, 4) is 11.6 Å². The Morgan fingerprint density at radius 1 is 1.25 bits per heavy atom. The molecular weight excluding hydrogens is 258 g/mol. The van der Waals surface area contributed by atoms with Gasteiger partial charge in [0.2, 0.25) is 11.8 Å². The second-order valence-corrected chi connectivity index (χ2v) is 4.73. The first-order valence-corrected chi connectivity index (χ1v) is 6.95. The van der Waals surface area contributed by atoms with Gasteiger partial charge in [0.1, 0.15) is 11.4 Å². The van der Waals surface area contributed by atoms with Crippen molar-refractivity contribution < 1.29 is 14.3 Å². The summed E-state index contributed by atoms with van der Waals surface area (Å²) in [7, 11) is 0. The van der Waals surface area contributed by atoms with Crippen molar-refractivity contribution in [3.05, 3.63) is 11.8 Å². The molecule has 0 bridgehead atoms. The highest BCUT2D eigenvalue weighted by molar-refractivity contribution is 5.76. The molecule has 112 valence electrons. The molecular formula is C14H23N3O3. The third-order valence-electron chi connectivity index (χ3n) is 2.45. The van der Waals surface area contributed by atoms with Gasteiger partial charge >= 0.3 is 0 Å². The van der Waals surface area contributed by atoms with E-state index < -0.39 is 0 Å². The number of nitrogens with one attached hydrogen (secondary N) is 1. The quantitative estimate of drug-likeness (QED) is 0.788. The molecule has 0 unspecified atom stereocenters. The molecule has 0 fully saturated rings. The summed E-state index contributed by atoms with van der Waals surface area (Å²) in [5.74, 6) is 1.34. The number of aromatic nitrogens is 2. The molecule has 0 aromatic carbocycles. The molecule has 0 aliphatic carbocycles. The van der Waals surface area contributed by atoms with Crippen molar-refractivity contribution in [1.82, 2.24) is 15.5 Å². The van der Waals surface area contributed by atoms with Crippen LogP contribution in [-0.4, -0.2) is 29.3 Å². The van der Waals surface area contributed by atoms with Crippen LogP contribution in [0.4, 0.5) is 0 Å². The molecule has 0 radical (unpaired) electrons. The molecule has 0 spiro atoms. The van der Waals surface area contributed by atoms with E-state index in [9.17, 15) is 4.79 Å². The van der Waals surface area contributed by atoms with E-state index in [-0.39, 0.29) is 5.91 Å². The van der Waals surface area contributed by atoms with Gasteiger partial charge in [-0.2, -0.15) is 0 Å². The predicted molar refractivity (Wildman–Crippen MR) is 75.7 cm³/mol. The lowest BCUT2D eigenvalue weighted by Crippen LogP contribution is -2.25. The maximum atomic E-state index is 11.6. The van der Waals surface area contributed by atoms with Crippen molar-refractivity contribution in [1.29, 1.82) is 0 Å². The zero-order chi connectivity index (χ0) is 15.0. The van der Waals surface area contributed by atoms with Crippen LogP contribution in [0, 0.1) is 5.92 Å². The topological polar surface area (TPSA) is 73.3 Å². The summed E-state index contributed by atoms with van der Waals surface area (Å²) in [5.41, 5.74) is 0.604. The number of carbonyl (C=O) groups excluding carboxylic acids is 1. The van der Waals surface area contributed by atoms with E-state index in [1.54, 1.807) is 6.07 Å². The normalized spacial score (nSPS) is 10.4. The minimum absolute atomic E-state index is 0.00173. The highest BCUT2D eigenvalue weighted by Crippen LogP contribution is 2.20. The maximum Gasteiger partial charge on any atom is 0.237 e. The molecule has 0 aliphatic rings. The number of hydrogen-bond donors (Lipinski definition) is 1. The molecule has 1 rings (SSSR count). The minimum atomic E-state index is -0.00173. The minimum Gasteiger partial charge on any atom is -0.492 e. The highest BCUT2D eigenvalue weighted by Gasteiger charge is 2.11. The number of carbonyl (C=O) groups is 1. The monoisotopic (exact) mass is 281 g/mol. The van der Waals surface area contributed by atoms with E-state index in [1.807, 2.05) is 27.7 Å². The Labute approximate surface area is 119 Å². The van der Waals surface area contributed by atoms with Gasteiger partial charge in [-0.25, -0.2) is 0 Å². The molecule has 20 heavy (non-hydrogen) atoms. The van der Waals surface area contributed by atoms with Gasteiger partial charge in [0, 0.05) is 12.5 Å². The van der Waals surface area contributed by atoms with Crippen LogP contribution in [0.25, 0.3) is 0 Å². The summed E-state index contributed by atoms with van der Waals surface area (Å²) in [4.78, 5) is 11.6. The fraction of sp³-hybridized carbons (Fsp3) is 0.643. The predicted octanol–water partition coefficient (Wildman–Crippen LogP) is 1.94. The van der Waals surface area contributed by atoms with Gasteiger partial charge < -0.3 is 14.8 Å². The molecule has 0 aliphatic heterocycles. The average Bonchev–Trinajstić information content (AvgIpc) is 2.38. The first-order chi connectivity index (χ1) is 9.56. The number of amides is 1. The Hall–Kier alpha value is -1.85. The standard InChI is InChI=1S/C14H23N3O3/c1-5-19-12-8-14(20-6-2)17-16-11(12)9-15-13(18)7-10(3)4/h8,10H,5-7,9H2,1-4H3,(H,15,18). The molecule has 1 amide bonds. The fourth-order valence-electron chi connectivity index (χ4n) is 1.63. The fourth-order valence-corrected chi connectivity index (χ4v) is 1.63. The van der Waals surface area contributed by atoms with Gasteiger partial charge in [-0.05, 0) is 19.8 Å². The van der Waals surface area contributed by atoms with Crippen molar-refractivity contribution in [2.24, 2.45) is 5.92 Å². The number of hydrogen-bond acceptors (Lipinski definition) is 5. The van der Waals surface area contributed by atoms with Crippen LogP contribution in [0.1, 0.15) is 39.8 Å². The largest absolute Gasteiger partial charge is 0.492 e. The van der Waals surface area contributed by atoms with Crippen LogP contribution in [0.2, 0.25) is 0 Å². The lowest BCUT2D eigenvalue weighted by atomic mass is 10.1. The second-order valence-electron chi connectivity index (χ2n) is 4.73. The van der Waals surface area contributed by atoms with E-state index in [0.29, 0.717) is 49.4 Å². The Morgan fingerprint density at radius 2 is 1.95 bits per heavy atom. The molecule has 1 aromatic rings. The molecule has 0 atom stereocenters. The maximum absolute atomic E-state index is 11.6. The number of ether oxygens (including phenoxy) is 2. The van der Waals surface area contributed by atoms with Crippen molar-refractivity contribution in [3.63, 3.8) is 0 Å². The summed E-state index contributed by atoms with van der Waals surface area (Å²) >= 11 is 0. The Kier molecular flexibility index (Phi) is 6.76. The Morgan fingerprint density at radius 3 is 2.55 bits per heavy atom. The molecule has 0 saturated carbocycles. The van der Waals surface area contributed by atoms with Gasteiger partial charge in [-0.1, -0.05) is 13.8 Å². The Bertz CT molecular complexity index is 436. The highest BCUT2D eigenvalue weighted by atomic mass is 16.5. The van der Waals surface area contributed by atoms with Crippen LogP contribution in [0.3, 0.4) is 0 Å². The van der Waals surface area contributed by atoms with Crippen molar-refractivity contribution in [2.75, 3.05) is 13.2 Å². The van der Waals surface area contributed by atoms with Gasteiger partial charge in [-0.15, -0.1) is 10.2 Å². The van der Waals surface area contributed by atoms with E-state index >= 15 is 0 Å². The van der Waals surface area contributed by atoms with Gasteiger partial charge in [0.15, 0.2) is 0 Å². The lowest BCUT2D eigenvalue weighted by Gasteiger charge is -2.11. The smallest absolute Gasteiger partial charge is 0.237 e. The first kappa shape index (κ1) is 16.2. The van der Waals surface area contributed by atoms with Gasteiger partial charge in [-0.3, -0.25) is 4.79 Å². The molecule has 0 saturated heterocycles. The van der Waals surface area contributed by atoms with E-state index in [2.05, 4.69) is 15.5 Å². The zero-order valence-corrected chi connectivity index (χ0v) is 12.6.